The van der Waals surface area contributed by atoms with Crippen molar-refractivity contribution in [2.45, 2.75) is 26.1 Å². The predicted molar refractivity (Wildman–Crippen MR) is 77.1 cm³/mol. The van der Waals surface area contributed by atoms with E-state index in [2.05, 4.69) is 20.0 Å². The quantitative estimate of drug-likeness (QED) is 0.684. The lowest BCUT2D eigenvalue weighted by Crippen LogP contribution is -2.31. The molecule has 0 fully saturated rings. The molecule has 0 radical (unpaired) electrons. The van der Waals surface area contributed by atoms with Crippen LogP contribution in [0.3, 0.4) is 0 Å². The average Bonchev–Trinajstić information content (AvgIpc) is 2.97. The standard InChI is InChI=1S/C15H12F4N4O/c1-8-3-10(4-12-7-21-22-23(8)12)11-5-13(16)14(20-6-11)24-9(2)15(17,18)19/h3-7,9H,1-2H3/t9-/m0/s1. The van der Waals surface area contributed by atoms with Crippen molar-refractivity contribution in [3.05, 3.63) is 42.1 Å². The summed E-state index contributed by atoms with van der Waals surface area (Å²) in [5.41, 5.74) is 2.53. The Labute approximate surface area is 133 Å². The van der Waals surface area contributed by atoms with Crippen LogP contribution in [0.15, 0.2) is 30.6 Å². The smallest absolute Gasteiger partial charge is 0.425 e. The van der Waals surface area contributed by atoms with Gasteiger partial charge in [0.25, 0.3) is 5.88 Å². The third-order valence-electron chi connectivity index (χ3n) is 3.47. The molecule has 0 saturated heterocycles. The Hall–Kier alpha value is -2.71. The summed E-state index contributed by atoms with van der Waals surface area (Å²) < 4.78 is 57.7. The van der Waals surface area contributed by atoms with Gasteiger partial charge in [0, 0.05) is 17.5 Å². The molecule has 0 amide bonds. The highest BCUT2D eigenvalue weighted by molar-refractivity contribution is 5.68. The number of halogens is 4. The number of hydrogen-bond donors (Lipinski definition) is 0. The number of aryl methyl sites for hydroxylation is 1. The van der Waals surface area contributed by atoms with Gasteiger partial charge in [-0.1, -0.05) is 5.21 Å². The lowest BCUT2D eigenvalue weighted by Gasteiger charge is -2.17. The molecule has 0 aliphatic heterocycles. The first kappa shape index (κ1) is 16.2. The molecule has 9 heteroatoms. The normalized spacial score (nSPS) is 13.2. The minimum atomic E-state index is -4.59. The van der Waals surface area contributed by atoms with Crippen LogP contribution in [-0.4, -0.2) is 32.1 Å². The summed E-state index contributed by atoms with van der Waals surface area (Å²) in [5, 5.41) is 7.67. The molecule has 3 rings (SSSR count). The second-order valence-corrected chi connectivity index (χ2v) is 5.27. The van der Waals surface area contributed by atoms with Crippen molar-refractivity contribution in [2.75, 3.05) is 0 Å². The van der Waals surface area contributed by atoms with Crippen molar-refractivity contribution in [2.24, 2.45) is 0 Å². The van der Waals surface area contributed by atoms with Crippen LogP contribution in [0.4, 0.5) is 17.6 Å². The van der Waals surface area contributed by atoms with E-state index in [4.69, 9.17) is 0 Å². The van der Waals surface area contributed by atoms with Crippen molar-refractivity contribution in [1.82, 2.24) is 19.8 Å². The molecular weight excluding hydrogens is 328 g/mol. The van der Waals surface area contributed by atoms with Gasteiger partial charge in [-0.2, -0.15) is 13.2 Å². The van der Waals surface area contributed by atoms with E-state index in [-0.39, 0.29) is 0 Å². The molecule has 24 heavy (non-hydrogen) atoms. The largest absolute Gasteiger partial charge is 0.463 e. The lowest BCUT2D eigenvalue weighted by molar-refractivity contribution is -0.190. The third-order valence-corrected chi connectivity index (χ3v) is 3.47. The van der Waals surface area contributed by atoms with Crippen molar-refractivity contribution >= 4 is 5.52 Å². The van der Waals surface area contributed by atoms with E-state index < -0.39 is 24.0 Å². The van der Waals surface area contributed by atoms with Gasteiger partial charge in [-0.3, -0.25) is 0 Å². The van der Waals surface area contributed by atoms with Gasteiger partial charge in [0.2, 0.25) is 0 Å². The Kier molecular flexibility index (Phi) is 3.86. The highest BCUT2D eigenvalue weighted by Crippen LogP contribution is 2.28. The zero-order valence-electron chi connectivity index (χ0n) is 12.7. The molecular formula is C15H12F4N4O. The first-order valence-electron chi connectivity index (χ1n) is 6.96. The average molecular weight is 340 g/mol. The molecule has 0 N–H and O–H groups in total. The Morgan fingerprint density at radius 3 is 2.54 bits per heavy atom. The monoisotopic (exact) mass is 340 g/mol. The highest BCUT2D eigenvalue weighted by atomic mass is 19.4. The minimum absolute atomic E-state index is 0.409. The Morgan fingerprint density at radius 2 is 1.88 bits per heavy atom. The van der Waals surface area contributed by atoms with Gasteiger partial charge >= 0.3 is 6.18 Å². The summed E-state index contributed by atoms with van der Waals surface area (Å²) in [7, 11) is 0. The van der Waals surface area contributed by atoms with Gasteiger partial charge in [0.1, 0.15) is 0 Å². The van der Waals surface area contributed by atoms with E-state index >= 15 is 0 Å². The first-order chi connectivity index (χ1) is 11.3. The molecule has 0 bridgehead atoms. The van der Waals surface area contributed by atoms with E-state index in [1.165, 1.54) is 6.20 Å². The third kappa shape index (κ3) is 3.01. The lowest BCUT2D eigenvalue weighted by atomic mass is 10.1. The second kappa shape index (κ2) is 5.73. The van der Waals surface area contributed by atoms with Crippen LogP contribution in [0, 0.1) is 12.7 Å². The fourth-order valence-electron chi connectivity index (χ4n) is 2.17. The Morgan fingerprint density at radius 1 is 1.12 bits per heavy atom. The van der Waals surface area contributed by atoms with Crippen LogP contribution < -0.4 is 4.74 Å². The molecule has 126 valence electrons. The number of ether oxygens (including phenoxy) is 1. The topological polar surface area (TPSA) is 52.3 Å². The number of rotatable bonds is 3. The molecule has 3 heterocycles. The molecule has 5 nitrogen and oxygen atoms in total. The first-order valence-corrected chi connectivity index (χ1v) is 6.96. The van der Waals surface area contributed by atoms with Crippen LogP contribution in [0.5, 0.6) is 5.88 Å². The summed E-state index contributed by atoms with van der Waals surface area (Å²) in [6.45, 7) is 2.59. The van der Waals surface area contributed by atoms with Gasteiger partial charge < -0.3 is 4.74 Å². The van der Waals surface area contributed by atoms with Crippen molar-refractivity contribution in [3.8, 4) is 17.0 Å². The van der Waals surface area contributed by atoms with Crippen molar-refractivity contribution < 1.29 is 22.3 Å². The highest BCUT2D eigenvalue weighted by Gasteiger charge is 2.38. The fourth-order valence-corrected chi connectivity index (χ4v) is 2.17. The molecule has 0 spiro atoms. The minimum Gasteiger partial charge on any atom is -0.463 e. The SMILES string of the molecule is Cc1cc(-c2cnc(O[C@@H](C)C(F)(F)F)c(F)c2)cc2cnnn12. The van der Waals surface area contributed by atoms with E-state index in [9.17, 15) is 17.6 Å². The van der Waals surface area contributed by atoms with Gasteiger partial charge in [0.05, 0.1) is 11.7 Å². The number of nitrogens with zero attached hydrogens (tertiary/aromatic N) is 4. The van der Waals surface area contributed by atoms with Crippen LogP contribution in [0.2, 0.25) is 0 Å². The Bertz CT molecular complexity index is 891. The van der Waals surface area contributed by atoms with Gasteiger partial charge in [-0.15, -0.1) is 5.10 Å². The predicted octanol–water partition coefficient (Wildman–Crippen LogP) is 3.57. The molecule has 1 atom stereocenters. The molecule has 0 saturated carbocycles. The van der Waals surface area contributed by atoms with E-state index in [0.717, 1.165) is 18.7 Å². The van der Waals surface area contributed by atoms with Gasteiger partial charge in [0.15, 0.2) is 11.9 Å². The van der Waals surface area contributed by atoms with Gasteiger partial charge in [-0.05, 0) is 37.6 Å². The molecule has 3 aromatic heterocycles. The maximum atomic E-state index is 14.1. The van der Waals surface area contributed by atoms with E-state index in [1.807, 2.05) is 0 Å². The number of fused-ring (bicyclic) bond motifs is 1. The molecule has 0 aliphatic rings. The van der Waals surface area contributed by atoms with Gasteiger partial charge in [-0.25, -0.2) is 13.9 Å². The summed E-state index contributed by atoms with van der Waals surface area (Å²) in [6.07, 6.45) is -3.94. The number of hydrogen-bond acceptors (Lipinski definition) is 4. The van der Waals surface area contributed by atoms with Crippen LogP contribution >= 0.6 is 0 Å². The van der Waals surface area contributed by atoms with Crippen molar-refractivity contribution in [3.63, 3.8) is 0 Å². The maximum Gasteiger partial charge on any atom is 0.425 e. The summed E-state index contributed by atoms with van der Waals surface area (Å²) in [5.74, 6) is -1.65. The number of alkyl halides is 3. The maximum absolute atomic E-state index is 14.1. The van der Waals surface area contributed by atoms with Crippen LogP contribution in [-0.2, 0) is 0 Å². The summed E-state index contributed by atoms with van der Waals surface area (Å²) >= 11 is 0. The van der Waals surface area contributed by atoms with Crippen molar-refractivity contribution in [1.29, 1.82) is 0 Å². The zero-order chi connectivity index (χ0) is 17.5. The van der Waals surface area contributed by atoms with E-state index in [1.54, 1.807) is 29.8 Å². The number of aromatic nitrogens is 4. The molecule has 0 unspecified atom stereocenters. The second-order valence-electron chi connectivity index (χ2n) is 5.27. The van der Waals surface area contributed by atoms with Crippen LogP contribution in [0.25, 0.3) is 16.6 Å². The summed E-state index contributed by atoms with van der Waals surface area (Å²) in [4.78, 5) is 3.67. The fraction of sp³-hybridized carbons (Fsp3) is 0.267. The van der Waals surface area contributed by atoms with E-state index in [0.29, 0.717) is 16.6 Å². The summed E-state index contributed by atoms with van der Waals surface area (Å²) in [6, 6.07) is 4.56. The molecule has 0 aliphatic carbocycles. The van der Waals surface area contributed by atoms with Crippen LogP contribution in [0.1, 0.15) is 12.6 Å². The Balaban J connectivity index is 1.93. The molecule has 0 aromatic carbocycles. The number of pyridine rings is 2. The zero-order valence-corrected chi connectivity index (χ0v) is 12.7. The molecule has 3 aromatic rings.